The average molecular weight is 369 g/mol. The summed E-state index contributed by atoms with van der Waals surface area (Å²) in [6.45, 7) is 2.01. The van der Waals surface area contributed by atoms with Gasteiger partial charge in [0.15, 0.2) is 0 Å². The minimum Gasteiger partial charge on any atom is -0.465 e. The van der Waals surface area contributed by atoms with Gasteiger partial charge in [-0.15, -0.1) is 11.8 Å². The van der Waals surface area contributed by atoms with Gasteiger partial charge >= 0.3 is 5.97 Å². The molecular formula is C19H19N3O3S. The lowest BCUT2D eigenvalue weighted by atomic mass is 10.2. The Morgan fingerprint density at radius 1 is 1.23 bits per heavy atom. The number of nitrogens with zero attached hydrogens (tertiary/aromatic N) is 1. The number of H-pyrrole nitrogens is 1. The molecule has 0 saturated heterocycles. The average Bonchev–Trinajstić information content (AvgIpc) is 3.10. The molecule has 3 aromatic rings. The number of aromatic amines is 1. The van der Waals surface area contributed by atoms with E-state index in [1.165, 1.54) is 18.9 Å². The molecular weight excluding hydrogens is 350 g/mol. The van der Waals surface area contributed by atoms with E-state index in [1.54, 1.807) is 24.3 Å². The van der Waals surface area contributed by atoms with Crippen LogP contribution in [0.4, 0.5) is 5.69 Å². The molecule has 1 heterocycles. The molecule has 0 aliphatic rings. The number of benzene rings is 2. The second kappa shape index (κ2) is 8.05. The van der Waals surface area contributed by atoms with Crippen molar-refractivity contribution in [2.75, 3.05) is 18.2 Å². The zero-order chi connectivity index (χ0) is 18.5. The molecule has 3 rings (SSSR count). The summed E-state index contributed by atoms with van der Waals surface area (Å²) < 4.78 is 4.68. The van der Waals surface area contributed by atoms with Crippen LogP contribution in [-0.4, -0.2) is 34.7 Å². The topological polar surface area (TPSA) is 84.1 Å². The lowest BCUT2D eigenvalue weighted by molar-refractivity contribution is -0.113. The smallest absolute Gasteiger partial charge is 0.337 e. The van der Waals surface area contributed by atoms with Crippen molar-refractivity contribution in [3.8, 4) is 0 Å². The van der Waals surface area contributed by atoms with Gasteiger partial charge in [0.1, 0.15) is 5.82 Å². The molecule has 2 N–H and O–H groups in total. The number of aromatic nitrogens is 2. The van der Waals surface area contributed by atoms with E-state index >= 15 is 0 Å². The predicted octanol–water partition coefficient (Wildman–Crippen LogP) is 3.78. The fourth-order valence-electron chi connectivity index (χ4n) is 2.48. The highest BCUT2D eigenvalue weighted by molar-refractivity contribution is 8.00. The quantitative estimate of drug-likeness (QED) is 0.646. The number of para-hydroxylation sites is 2. The molecule has 1 amide bonds. The van der Waals surface area contributed by atoms with Gasteiger partial charge in [-0.05, 0) is 37.3 Å². The maximum absolute atomic E-state index is 12.2. The van der Waals surface area contributed by atoms with Crippen LogP contribution in [0.25, 0.3) is 11.0 Å². The molecule has 0 fully saturated rings. The molecule has 0 spiro atoms. The monoisotopic (exact) mass is 369 g/mol. The summed E-state index contributed by atoms with van der Waals surface area (Å²) in [4.78, 5) is 31.6. The molecule has 6 nitrogen and oxygen atoms in total. The third-order valence-corrected chi connectivity index (χ3v) is 4.98. The highest BCUT2D eigenvalue weighted by Gasteiger charge is 2.14. The summed E-state index contributed by atoms with van der Waals surface area (Å²) in [7, 11) is 1.32. The Morgan fingerprint density at radius 2 is 2.04 bits per heavy atom. The van der Waals surface area contributed by atoms with Crippen LogP contribution in [0.2, 0.25) is 0 Å². The molecule has 134 valence electrons. The first-order valence-corrected chi connectivity index (χ1v) is 9.16. The number of amides is 1. The maximum Gasteiger partial charge on any atom is 0.337 e. The summed E-state index contributed by atoms with van der Waals surface area (Å²) in [6.07, 6.45) is 0. The number of carbonyl (C=O) groups excluding carboxylic acids is 2. The van der Waals surface area contributed by atoms with E-state index in [0.717, 1.165) is 16.9 Å². The van der Waals surface area contributed by atoms with Crippen molar-refractivity contribution >= 4 is 40.4 Å². The Labute approximate surface area is 155 Å². The third kappa shape index (κ3) is 4.23. The van der Waals surface area contributed by atoms with Crippen molar-refractivity contribution in [1.29, 1.82) is 0 Å². The summed E-state index contributed by atoms with van der Waals surface area (Å²) in [5.41, 5.74) is 2.86. The van der Waals surface area contributed by atoms with Crippen LogP contribution in [0.3, 0.4) is 0 Å². The van der Waals surface area contributed by atoms with Gasteiger partial charge in [0, 0.05) is 5.69 Å². The molecule has 1 atom stereocenters. The number of hydrogen-bond donors (Lipinski definition) is 2. The number of hydrogen-bond acceptors (Lipinski definition) is 5. The minimum absolute atomic E-state index is 0.0505. The Morgan fingerprint density at radius 3 is 2.81 bits per heavy atom. The van der Waals surface area contributed by atoms with Gasteiger partial charge in [-0.3, -0.25) is 4.79 Å². The van der Waals surface area contributed by atoms with Gasteiger partial charge in [-0.2, -0.15) is 0 Å². The molecule has 1 unspecified atom stereocenters. The lowest BCUT2D eigenvalue weighted by Crippen LogP contribution is -2.15. The zero-order valence-corrected chi connectivity index (χ0v) is 15.3. The number of carbonyl (C=O) groups is 2. The van der Waals surface area contributed by atoms with Gasteiger partial charge in [0.05, 0.1) is 34.7 Å². The fourth-order valence-corrected chi connectivity index (χ4v) is 3.23. The van der Waals surface area contributed by atoms with Crippen molar-refractivity contribution in [2.24, 2.45) is 0 Å². The SMILES string of the molecule is COC(=O)c1cccc(NC(=O)CSC(C)c2nc3ccccc3[nH]2)c1. The van der Waals surface area contributed by atoms with E-state index in [2.05, 4.69) is 20.0 Å². The fraction of sp³-hybridized carbons (Fsp3) is 0.211. The molecule has 26 heavy (non-hydrogen) atoms. The Hall–Kier alpha value is -2.80. The van der Waals surface area contributed by atoms with Crippen molar-refractivity contribution in [3.05, 3.63) is 59.9 Å². The van der Waals surface area contributed by atoms with Crippen LogP contribution in [0.15, 0.2) is 48.5 Å². The number of imidazole rings is 1. The maximum atomic E-state index is 12.2. The van der Waals surface area contributed by atoms with E-state index in [4.69, 9.17) is 0 Å². The van der Waals surface area contributed by atoms with Gasteiger partial charge in [0.2, 0.25) is 5.91 Å². The van der Waals surface area contributed by atoms with Crippen molar-refractivity contribution < 1.29 is 14.3 Å². The molecule has 1 aromatic heterocycles. The first-order valence-electron chi connectivity index (χ1n) is 8.11. The van der Waals surface area contributed by atoms with Gasteiger partial charge in [-0.25, -0.2) is 9.78 Å². The predicted molar refractivity (Wildman–Crippen MR) is 103 cm³/mol. The number of ether oxygens (including phenoxy) is 1. The first kappa shape index (κ1) is 18.0. The van der Waals surface area contributed by atoms with Crippen LogP contribution >= 0.6 is 11.8 Å². The third-order valence-electron chi connectivity index (χ3n) is 3.82. The van der Waals surface area contributed by atoms with Crippen molar-refractivity contribution in [3.63, 3.8) is 0 Å². The minimum atomic E-state index is -0.436. The molecule has 0 aliphatic heterocycles. The molecule has 0 radical (unpaired) electrons. The largest absolute Gasteiger partial charge is 0.465 e. The van der Waals surface area contributed by atoms with Crippen molar-refractivity contribution in [2.45, 2.75) is 12.2 Å². The van der Waals surface area contributed by atoms with Crippen LogP contribution in [-0.2, 0) is 9.53 Å². The molecule has 0 bridgehead atoms. The van der Waals surface area contributed by atoms with E-state index in [0.29, 0.717) is 11.3 Å². The molecule has 7 heteroatoms. The number of methoxy groups -OCH3 is 1. The van der Waals surface area contributed by atoms with E-state index in [-0.39, 0.29) is 16.9 Å². The highest BCUT2D eigenvalue weighted by atomic mass is 32.2. The molecule has 0 saturated carbocycles. The van der Waals surface area contributed by atoms with Crippen LogP contribution in [0, 0.1) is 0 Å². The first-order chi connectivity index (χ1) is 12.6. The van der Waals surface area contributed by atoms with Gasteiger partial charge < -0.3 is 15.0 Å². The number of anilines is 1. The Bertz CT molecular complexity index is 905. The number of nitrogens with one attached hydrogen (secondary N) is 2. The van der Waals surface area contributed by atoms with Gasteiger partial charge in [-0.1, -0.05) is 18.2 Å². The summed E-state index contributed by atoms with van der Waals surface area (Å²) in [5, 5.41) is 2.85. The lowest BCUT2D eigenvalue weighted by Gasteiger charge is -2.09. The van der Waals surface area contributed by atoms with Crippen LogP contribution in [0.1, 0.15) is 28.4 Å². The van der Waals surface area contributed by atoms with E-state index in [9.17, 15) is 9.59 Å². The number of thioether (sulfide) groups is 1. The van der Waals surface area contributed by atoms with Crippen LogP contribution < -0.4 is 5.32 Å². The molecule has 2 aromatic carbocycles. The van der Waals surface area contributed by atoms with Gasteiger partial charge in [0.25, 0.3) is 0 Å². The van der Waals surface area contributed by atoms with Crippen LogP contribution in [0.5, 0.6) is 0 Å². The second-order valence-corrected chi connectivity index (χ2v) is 7.04. The normalized spacial score (nSPS) is 11.9. The van der Waals surface area contributed by atoms with E-state index in [1.807, 2.05) is 31.2 Å². The number of rotatable bonds is 6. The Kier molecular flexibility index (Phi) is 5.58. The molecule has 0 aliphatic carbocycles. The summed E-state index contributed by atoms with van der Waals surface area (Å²) in [6, 6.07) is 14.5. The Balaban J connectivity index is 1.57. The summed E-state index contributed by atoms with van der Waals surface area (Å²) in [5.74, 6) is 0.548. The number of esters is 1. The van der Waals surface area contributed by atoms with E-state index < -0.39 is 5.97 Å². The van der Waals surface area contributed by atoms with Crippen molar-refractivity contribution in [1.82, 2.24) is 9.97 Å². The number of fused-ring (bicyclic) bond motifs is 1. The highest BCUT2D eigenvalue weighted by Crippen LogP contribution is 2.27. The summed E-state index contributed by atoms with van der Waals surface area (Å²) >= 11 is 1.49. The standard InChI is InChI=1S/C19H19N3O3S/c1-12(18-21-15-8-3-4-9-16(15)22-18)26-11-17(23)20-14-7-5-6-13(10-14)19(24)25-2/h3-10,12H,11H2,1-2H3,(H,20,23)(H,21,22). The zero-order valence-electron chi connectivity index (χ0n) is 14.5. The second-order valence-electron chi connectivity index (χ2n) is 5.71.